The Morgan fingerprint density at radius 2 is 0.783 bits per heavy atom. The second-order valence-corrected chi connectivity index (χ2v) is 19.2. The largest absolute Gasteiger partial charge is 0.279 e. The average molecular weight is 659 g/mol. The Balaban J connectivity index is 1.34. The highest BCUT2D eigenvalue weighted by Gasteiger charge is 2.39. The fourth-order valence-corrected chi connectivity index (χ4v) is 9.57. The third kappa shape index (κ3) is 5.62. The van der Waals surface area contributed by atoms with Gasteiger partial charge in [-0.2, -0.15) is 0 Å². The minimum atomic E-state index is -3.93. The molecule has 244 valence electrons. The highest BCUT2D eigenvalue weighted by molar-refractivity contribution is 7.93. The second kappa shape index (κ2) is 10.6. The van der Waals surface area contributed by atoms with Crippen molar-refractivity contribution in [3.63, 3.8) is 0 Å². The first-order chi connectivity index (χ1) is 21.2. The average Bonchev–Trinajstić information content (AvgIpc) is 2.99. The molecule has 2 N–H and O–H groups in total. The van der Waals surface area contributed by atoms with Crippen LogP contribution in [0.25, 0.3) is 10.8 Å². The summed E-state index contributed by atoms with van der Waals surface area (Å²) in [4.78, 5) is 0.425. The molecule has 0 atom stereocenters. The Hall–Kier alpha value is -3.36. The van der Waals surface area contributed by atoms with Crippen LogP contribution in [0, 0.1) is 0 Å². The lowest BCUT2D eigenvalue weighted by Crippen LogP contribution is -2.34. The molecule has 8 heteroatoms. The lowest BCUT2D eigenvalue weighted by Gasteiger charge is -2.42. The van der Waals surface area contributed by atoms with Crippen molar-refractivity contribution >= 4 is 42.2 Å². The van der Waals surface area contributed by atoms with Crippen LogP contribution < -0.4 is 9.44 Å². The second-order valence-electron chi connectivity index (χ2n) is 15.9. The van der Waals surface area contributed by atoms with Crippen molar-refractivity contribution in [2.45, 2.75) is 113 Å². The Bertz CT molecular complexity index is 1940. The summed E-state index contributed by atoms with van der Waals surface area (Å²) in [5.74, 6) is 0. The molecule has 2 aliphatic rings. The molecule has 0 spiro atoms. The third-order valence-corrected chi connectivity index (χ3v) is 13.4. The van der Waals surface area contributed by atoms with E-state index in [1.165, 1.54) is 11.1 Å². The first-order valence-electron chi connectivity index (χ1n) is 16.1. The maximum absolute atomic E-state index is 13.8. The molecule has 0 heterocycles. The van der Waals surface area contributed by atoms with Crippen molar-refractivity contribution in [1.29, 1.82) is 0 Å². The number of fused-ring (bicyclic) bond motifs is 3. The Labute approximate surface area is 275 Å². The smallest absolute Gasteiger partial charge is 0.261 e. The van der Waals surface area contributed by atoms with Crippen molar-refractivity contribution in [1.82, 2.24) is 0 Å². The van der Waals surface area contributed by atoms with Crippen molar-refractivity contribution in [2.75, 3.05) is 9.44 Å². The van der Waals surface area contributed by atoms with Gasteiger partial charge in [0.1, 0.15) is 0 Å². The number of hydrogen-bond acceptors (Lipinski definition) is 4. The van der Waals surface area contributed by atoms with E-state index in [0.717, 1.165) is 36.8 Å². The van der Waals surface area contributed by atoms with Gasteiger partial charge in [0.25, 0.3) is 20.0 Å². The molecule has 0 saturated heterocycles. The lowest BCUT2D eigenvalue weighted by atomic mass is 9.63. The molecular formula is C38H46N2O4S2. The van der Waals surface area contributed by atoms with Gasteiger partial charge in [-0.15, -0.1) is 0 Å². The van der Waals surface area contributed by atoms with Crippen LogP contribution in [0.5, 0.6) is 0 Å². The van der Waals surface area contributed by atoms with Gasteiger partial charge in [0.05, 0.1) is 21.2 Å². The normalized spacial score (nSPS) is 19.6. The molecule has 46 heavy (non-hydrogen) atoms. The molecule has 0 radical (unpaired) electrons. The zero-order chi connectivity index (χ0) is 33.5. The molecule has 6 nitrogen and oxygen atoms in total. The molecule has 0 saturated carbocycles. The van der Waals surface area contributed by atoms with Gasteiger partial charge in [0.15, 0.2) is 0 Å². The zero-order valence-corrected chi connectivity index (χ0v) is 29.8. The Morgan fingerprint density at radius 3 is 1.13 bits per heavy atom. The van der Waals surface area contributed by atoms with E-state index >= 15 is 0 Å². The molecule has 4 aromatic rings. The van der Waals surface area contributed by atoms with E-state index in [-0.39, 0.29) is 31.5 Å². The van der Waals surface area contributed by atoms with E-state index in [9.17, 15) is 16.8 Å². The topological polar surface area (TPSA) is 92.3 Å². The van der Waals surface area contributed by atoms with Crippen molar-refractivity contribution in [2.24, 2.45) is 0 Å². The van der Waals surface area contributed by atoms with Crippen molar-refractivity contribution < 1.29 is 16.8 Å². The standard InChI is InChI=1S/C38H46N2O4S2/c1-35(2)19-21-37(5,6)31-23-25(13-15-29(31)35)45(41,42)39-33-17-18-34(28-12-10-9-11-27(28)33)40-46(43,44)26-14-16-30-32(24-26)38(7,8)22-20-36(30,3)4/h9-18,23-24,39-40H,19-22H2,1-8H3. The summed E-state index contributed by atoms with van der Waals surface area (Å²) in [6, 6.07) is 21.4. The summed E-state index contributed by atoms with van der Waals surface area (Å²) in [5.41, 5.74) is 4.97. The van der Waals surface area contributed by atoms with Crippen molar-refractivity contribution in [3.05, 3.63) is 95.1 Å². The molecular weight excluding hydrogens is 613 g/mol. The van der Waals surface area contributed by atoms with Gasteiger partial charge in [-0.3, -0.25) is 9.44 Å². The van der Waals surface area contributed by atoms with Crippen LogP contribution in [0.15, 0.2) is 82.6 Å². The van der Waals surface area contributed by atoms with Gasteiger partial charge >= 0.3 is 0 Å². The first-order valence-corrected chi connectivity index (χ1v) is 19.1. The van der Waals surface area contributed by atoms with E-state index in [4.69, 9.17) is 0 Å². The van der Waals surface area contributed by atoms with Crippen LogP contribution >= 0.6 is 0 Å². The van der Waals surface area contributed by atoms with Crippen LogP contribution in [0.2, 0.25) is 0 Å². The number of anilines is 2. The van der Waals surface area contributed by atoms with E-state index in [1.54, 1.807) is 36.4 Å². The van der Waals surface area contributed by atoms with Crippen LogP contribution in [-0.2, 0) is 41.7 Å². The van der Waals surface area contributed by atoms with Gasteiger partial charge in [0.2, 0.25) is 0 Å². The zero-order valence-electron chi connectivity index (χ0n) is 28.2. The van der Waals surface area contributed by atoms with Gasteiger partial charge in [-0.05, 0) is 106 Å². The molecule has 0 aliphatic heterocycles. The molecule has 4 aromatic carbocycles. The highest BCUT2D eigenvalue weighted by Crippen LogP contribution is 2.48. The summed E-state index contributed by atoms with van der Waals surface area (Å²) in [5, 5.41) is 1.19. The van der Waals surface area contributed by atoms with E-state index < -0.39 is 20.0 Å². The fraction of sp³-hybridized carbons (Fsp3) is 0.421. The number of benzene rings is 4. The van der Waals surface area contributed by atoms with Crippen LogP contribution in [0.1, 0.15) is 103 Å². The van der Waals surface area contributed by atoms with E-state index in [0.29, 0.717) is 22.1 Å². The maximum atomic E-state index is 13.8. The molecule has 6 rings (SSSR count). The molecule has 2 aliphatic carbocycles. The van der Waals surface area contributed by atoms with E-state index in [2.05, 4.69) is 64.8 Å². The third-order valence-electron chi connectivity index (χ3n) is 10.7. The SMILES string of the molecule is CC1(C)CCC(C)(C)c2cc(S(=O)(=O)Nc3ccc(NS(=O)(=O)c4ccc5c(c4)C(C)(C)CCC5(C)C)c4ccccc34)ccc21. The number of hydrogen-bond donors (Lipinski definition) is 2. The van der Waals surface area contributed by atoms with Gasteiger partial charge in [0, 0.05) is 10.8 Å². The van der Waals surface area contributed by atoms with Gasteiger partial charge < -0.3 is 0 Å². The first kappa shape index (κ1) is 32.6. The number of sulfonamides is 2. The minimum absolute atomic E-state index is 0.0220. The van der Waals surface area contributed by atoms with Crippen LogP contribution in [-0.4, -0.2) is 16.8 Å². The lowest BCUT2D eigenvalue weighted by molar-refractivity contribution is 0.331. The fourth-order valence-electron chi connectivity index (χ4n) is 7.35. The molecule has 0 bridgehead atoms. The predicted octanol–water partition coefficient (Wildman–Crippen LogP) is 9.14. The molecule has 0 aromatic heterocycles. The summed E-state index contributed by atoms with van der Waals surface area (Å²) in [7, 11) is -7.87. The molecule has 0 fully saturated rings. The Morgan fingerprint density at radius 1 is 0.457 bits per heavy atom. The number of nitrogens with one attached hydrogen (secondary N) is 2. The van der Waals surface area contributed by atoms with Crippen LogP contribution in [0.4, 0.5) is 11.4 Å². The quantitative estimate of drug-likeness (QED) is 0.216. The summed E-state index contributed by atoms with van der Waals surface area (Å²) >= 11 is 0. The maximum Gasteiger partial charge on any atom is 0.261 e. The summed E-state index contributed by atoms with van der Waals surface area (Å²) in [6.45, 7) is 17.5. The summed E-state index contributed by atoms with van der Waals surface area (Å²) < 4.78 is 60.8. The molecule has 0 amide bonds. The number of rotatable bonds is 6. The van der Waals surface area contributed by atoms with Crippen molar-refractivity contribution in [3.8, 4) is 0 Å². The highest BCUT2D eigenvalue weighted by atomic mass is 32.2. The van der Waals surface area contributed by atoms with E-state index in [1.807, 2.05) is 36.4 Å². The summed E-state index contributed by atoms with van der Waals surface area (Å²) in [6.07, 6.45) is 4.05. The predicted molar refractivity (Wildman–Crippen MR) is 189 cm³/mol. The minimum Gasteiger partial charge on any atom is -0.279 e. The monoisotopic (exact) mass is 658 g/mol. The van der Waals surface area contributed by atoms with Crippen LogP contribution in [0.3, 0.4) is 0 Å². The van der Waals surface area contributed by atoms with Gasteiger partial charge in [-0.1, -0.05) is 91.8 Å². The molecule has 0 unspecified atom stereocenters. The van der Waals surface area contributed by atoms with Gasteiger partial charge in [-0.25, -0.2) is 16.8 Å². The Kier molecular flexibility index (Phi) is 7.49.